The number of morpholine rings is 1. The van der Waals surface area contributed by atoms with Gasteiger partial charge in [0.25, 0.3) is 0 Å². The molecule has 1 fully saturated rings. The summed E-state index contributed by atoms with van der Waals surface area (Å²) in [6, 6.07) is 7.82. The highest BCUT2D eigenvalue weighted by molar-refractivity contribution is 5.72. The summed E-state index contributed by atoms with van der Waals surface area (Å²) in [5.41, 5.74) is 3.17. The molecular weight excluding hydrogens is 396 g/mol. The van der Waals surface area contributed by atoms with Crippen LogP contribution >= 0.6 is 0 Å². The Morgan fingerprint density at radius 3 is 2.55 bits per heavy atom. The van der Waals surface area contributed by atoms with Gasteiger partial charge in [0.15, 0.2) is 17.1 Å². The van der Waals surface area contributed by atoms with Crippen molar-refractivity contribution < 1.29 is 4.74 Å². The van der Waals surface area contributed by atoms with Gasteiger partial charge in [-0.25, -0.2) is 19.7 Å². The summed E-state index contributed by atoms with van der Waals surface area (Å²) in [5.74, 6) is 0.706. The van der Waals surface area contributed by atoms with Crippen LogP contribution in [0.3, 0.4) is 0 Å². The summed E-state index contributed by atoms with van der Waals surface area (Å²) in [7, 11) is 0. The van der Waals surface area contributed by atoms with E-state index in [1.165, 1.54) is 6.33 Å². The Balaban J connectivity index is 1.47. The minimum Gasteiger partial charge on any atom is -0.379 e. The summed E-state index contributed by atoms with van der Waals surface area (Å²) in [5, 5.41) is 6.74. The second-order valence-corrected chi connectivity index (χ2v) is 8.27. The first-order valence-electron chi connectivity index (χ1n) is 10.3. The molecule has 0 atom stereocenters. The molecule has 10 nitrogen and oxygen atoms in total. The quantitative estimate of drug-likeness (QED) is 0.504. The maximum Gasteiger partial charge on any atom is 0.328 e. The van der Waals surface area contributed by atoms with Crippen LogP contribution in [0.15, 0.2) is 41.6 Å². The topological polar surface area (TPSA) is 118 Å². The van der Waals surface area contributed by atoms with E-state index in [2.05, 4.69) is 43.9 Å². The largest absolute Gasteiger partial charge is 0.379 e. The fourth-order valence-electron chi connectivity index (χ4n) is 4.01. The Labute approximate surface area is 178 Å². The number of nitrogens with one attached hydrogen (secondary N) is 2. The van der Waals surface area contributed by atoms with Gasteiger partial charge in [0, 0.05) is 36.3 Å². The molecule has 2 N–H and O–H groups in total. The lowest BCUT2D eigenvalue weighted by Gasteiger charge is -2.40. The summed E-state index contributed by atoms with van der Waals surface area (Å²) >= 11 is 0. The number of aromatic amines is 2. The lowest BCUT2D eigenvalue weighted by molar-refractivity contribution is -0.0155. The number of rotatable bonds is 5. The second kappa shape index (κ2) is 7.71. The number of fused-ring (bicyclic) bond motifs is 1. The summed E-state index contributed by atoms with van der Waals surface area (Å²) in [6.07, 6.45) is 3.16. The first-order chi connectivity index (χ1) is 15.0. The highest BCUT2D eigenvalue weighted by Crippen LogP contribution is 2.23. The number of hydrogen-bond acceptors (Lipinski definition) is 7. The monoisotopic (exact) mass is 420 g/mol. The van der Waals surface area contributed by atoms with Crippen molar-refractivity contribution in [3.8, 4) is 22.6 Å². The van der Waals surface area contributed by atoms with Crippen molar-refractivity contribution in [3.63, 3.8) is 0 Å². The van der Waals surface area contributed by atoms with E-state index in [9.17, 15) is 4.79 Å². The molecule has 5 rings (SSSR count). The molecule has 4 heterocycles. The zero-order valence-corrected chi connectivity index (χ0v) is 17.5. The fourth-order valence-corrected chi connectivity index (χ4v) is 4.01. The van der Waals surface area contributed by atoms with Crippen molar-refractivity contribution in [1.82, 2.24) is 39.6 Å². The Hall–Kier alpha value is -3.37. The van der Waals surface area contributed by atoms with Crippen LogP contribution in [0.25, 0.3) is 33.9 Å². The zero-order chi connectivity index (χ0) is 21.4. The van der Waals surface area contributed by atoms with Crippen LogP contribution in [-0.2, 0) is 11.3 Å². The zero-order valence-electron chi connectivity index (χ0n) is 17.5. The van der Waals surface area contributed by atoms with Crippen LogP contribution < -0.4 is 5.69 Å². The smallest absolute Gasteiger partial charge is 0.328 e. The lowest BCUT2D eigenvalue weighted by Crippen LogP contribution is -2.52. The number of H-pyrrole nitrogens is 2. The molecule has 4 aromatic rings. The molecule has 1 aromatic carbocycles. The van der Waals surface area contributed by atoms with Crippen LogP contribution in [0.4, 0.5) is 0 Å². The molecule has 0 amide bonds. The third-order valence-electron chi connectivity index (χ3n) is 5.76. The van der Waals surface area contributed by atoms with Gasteiger partial charge in [0.2, 0.25) is 0 Å². The van der Waals surface area contributed by atoms with E-state index in [4.69, 9.17) is 9.72 Å². The normalized spacial score (nSPS) is 15.5. The van der Waals surface area contributed by atoms with Crippen LogP contribution in [0.5, 0.6) is 0 Å². The minimum atomic E-state index is -0.223. The molecule has 10 heteroatoms. The van der Waals surface area contributed by atoms with Crippen molar-refractivity contribution in [2.24, 2.45) is 0 Å². The summed E-state index contributed by atoms with van der Waals surface area (Å²) in [6.45, 7) is 7.90. The number of aromatic nitrogens is 7. The van der Waals surface area contributed by atoms with Gasteiger partial charge in [-0.2, -0.15) is 5.10 Å². The van der Waals surface area contributed by atoms with Crippen molar-refractivity contribution in [2.75, 3.05) is 26.3 Å². The molecule has 1 aliphatic heterocycles. The maximum atomic E-state index is 12.7. The Kier molecular flexibility index (Phi) is 4.87. The van der Waals surface area contributed by atoms with Gasteiger partial charge in [-0.05, 0) is 13.8 Å². The summed E-state index contributed by atoms with van der Waals surface area (Å²) < 4.78 is 7.16. The van der Waals surface area contributed by atoms with E-state index in [1.54, 1.807) is 10.8 Å². The molecule has 3 aromatic heterocycles. The maximum absolute atomic E-state index is 12.7. The van der Waals surface area contributed by atoms with E-state index in [1.807, 2.05) is 24.3 Å². The van der Waals surface area contributed by atoms with Crippen LogP contribution in [-0.4, -0.2) is 71.4 Å². The van der Waals surface area contributed by atoms with Crippen molar-refractivity contribution in [3.05, 3.63) is 47.3 Å². The van der Waals surface area contributed by atoms with Gasteiger partial charge in [-0.15, -0.1) is 0 Å². The van der Waals surface area contributed by atoms with Gasteiger partial charge in [-0.1, -0.05) is 24.3 Å². The minimum absolute atomic E-state index is 0.200. The molecule has 160 valence electrons. The number of hydrogen-bond donors (Lipinski definition) is 2. The average molecular weight is 420 g/mol. The first kappa shape index (κ1) is 19.6. The molecule has 0 aliphatic carbocycles. The Morgan fingerprint density at radius 2 is 1.84 bits per heavy atom. The van der Waals surface area contributed by atoms with Gasteiger partial charge >= 0.3 is 5.69 Å². The molecule has 1 saturated heterocycles. The van der Waals surface area contributed by atoms with Crippen LogP contribution in [0.1, 0.15) is 13.8 Å². The van der Waals surface area contributed by atoms with E-state index in [0.717, 1.165) is 24.2 Å². The SMILES string of the molecule is CC(C)(Cn1c(=O)[nH]c2ncc(-c3ccc(-c4ncn[nH]4)cc3)nc21)N1CCOCC1. The Morgan fingerprint density at radius 1 is 1.10 bits per heavy atom. The van der Waals surface area contributed by atoms with Crippen LogP contribution in [0, 0.1) is 0 Å². The molecule has 0 radical (unpaired) electrons. The molecule has 0 saturated carbocycles. The third kappa shape index (κ3) is 3.75. The number of imidazole rings is 1. The lowest BCUT2D eigenvalue weighted by atomic mass is 10.0. The third-order valence-corrected chi connectivity index (χ3v) is 5.76. The first-order valence-corrected chi connectivity index (χ1v) is 10.3. The average Bonchev–Trinajstić information content (AvgIpc) is 3.43. The number of nitrogens with zero attached hydrogens (tertiary/aromatic N) is 6. The molecule has 1 aliphatic rings. The van der Waals surface area contributed by atoms with Gasteiger partial charge in [-0.3, -0.25) is 19.5 Å². The predicted molar refractivity (Wildman–Crippen MR) is 115 cm³/mol. The van der Waals surface area contributed by atoms with E-state index >= 15 is 0 Å². The van der Waals surface area contributed by atoms with E-state index in [0.29, 0.717) is 42.6 Å². The highest BCUT2D eigenvalue weighted by atomic mass is 16.5. The number of ether oxygens (including phenoxy) is 1. The van der Waals surface area contributed by atoms with Crippen molar-refractivity contribution in [1.29, 1.82) is 0 Å². The van der Waals surface area contributed by atoms with Gasteiger partial charge in [0.05, 0.1) is 25.1 Å². The van der Waals surface area contributed by atoms with Gasteiger partial charge in [0.1, 0.15) is 6.33 Å². The molecule has 0 spiro atoms. The molecule has 31 heavy (non-hydrogen) atoms. The fraction of sp³-hybridized carbons (Fsp3) is 0.381. The molecule has 0 bridgehead atoms. The van der Waals surface area contributed by atoms with Gasteiger partial charge < -0.3 is 4.74 Å². The second-order valence-electron chi connectivity index (χ2n) is 8.27. The molecule has 0 unspecified atom stereocenters. The standard InChI is InChI=1S/C21H24N8O2/c1-21(2,28-7-9-31-10-8-28)12-29-19-18(26-20(29)30)22-11-16(25-19)14-3-5-15(6-4-14)17-23-13-24-27-17/h3-6,11,13H,7-10,12H2,1-2H3,(H,22,26,30)(H,23,24,27). The Bertz CT molecular complexity index is 1230. The van der Waals surface area contributed by atoms with Crippen molar-refractivity contribution >= 4 is 11.3 Å². The number of benzene rings is 1. The van der Waals surface area contributed by atoms with E-state index < -0.39 is 0 Å². The van der Waals surface area contributed by atoms with Crippen LogP contribution in [0.2, 0.25) is 0 Å². The van der Waals surface area contributed by atoms with Crippen molar-refractivity contribution in [2.45, 2.75) is 25.9 Å². The predicted octanol–water partition coefficient (Wildman–Crippen LogP) is 1.68. The molecular formula is C21H24N8O2. The van der Waals surface area contributed by atoms with E-state index in [-0.39, 0.29) is 11.2 Å². The highest BCUT2D eigenvalue weighted by Gasteiger charge is 2.30. The summed E-state index contributed by atoms with van der Waals surface area (Å²) in [4.78, 5) is 31.3.